The molecule has 21 heavy (non-hydrogen) atoms. The second-order valence-corrected chi connectivity index (χ2v) is 7.56. The highest BCUT2D eigenvalue weighted by molar-refractivity contribution is 7.89. The fourth-order valence-electron chi connectivity index (χ4n) is 2.79. The van der Waals surface area contributed by atoms with Crippen LogP contribution in [0.4, 0.5) is 5.69 Å². The molecule has 2 N–H and O–H groups in total. The lowest BCUT2D eigenvalue weighted by molar-refractivity contribution is 0.188. The quantitative estimate of drug-likeness (QED) is 0.858. The lowest BCUT2D eigenvalue weighted by Gasteiger charge is -2.34. The zero-order valence-electron chi connectivity index (χ0n) is 13.1. The molecule has 1 saturated heterocycles. The summed E-state index contributed by atoms with van der Waals surface area (Å²) in [6.07, 6.45) is 1.09. The van der Waals surface area contributed by atoms with Gasteiger partial charge in [-0.1, -0.05) is 19.1 Å². The van der Waals surface area contributed by atoms with Crippen LogP contribution in [0.25, 0.3) is 0 Å². The molecule has 1 heterocycles. The van der Waals surface area contributed by atoms with Gasteiger partial charge in [0.1, 0.15) is 4.90 Å². The highest BCUT2D eigenvalue weighted by Gasteiger charge is 2.31. The Bertz CT molecular complexity index is 606. The molecular formula is C15H25N3O2S. The van der Waals surface area contributed by atoms with Gasteiger partial charge in [0.05, 0.1) is 5.69 Å². The van der Waals surface area contributed by atoms with Crippen LogP contribution < -0.4 is 5.73 Å². The lowest BCUT2D eigenvalue weighted by atomic mass is 10.1. The number of aryl methyl sites for hydroxylation is 2. The van der Waals surface area contributed by atoms with E-state index in [0.29, 0.717) is 24.3 Å². The lowest BCUT2D eigenvalue weighted by Crippen LogP contribution is -2.48. The summed E-state index contributed by atoms with van der Waals surface area (Å²) < 4.78 is 27.3. The van der Waals surface area contributed by atoms with Gasteiger partial charge in [-0.25, -0.2) is 8.42 Å². The Morgan fingerprint density at radius 1 is 1.10 bits per heavy atom. The Kier molecular flexibility index (Phi) is 4.91. The molecule has 118 valence electrons. The Morgan fingerprint density at radius 3 is 2.24 bits per heavy atom. The summed E-state index contributed by atoms with van der Waals surface area (Å²) in [5, 5.41) is 0. The predicted octanol–water partition coefficient (Wildman–Crippen LogP) is 1.60. The van der Waals surface area contributed by atoms with Crippen molar-refractivity contribution in [1.82, 2.24) is 9.21 Å². The van der Waals surface area contributed by atoms with E-state index in [9.17, 15) is 8.42 Å². The van der Waals surface area contributed by atoms with E-state index in [-0.39, 0.29) is 4.90 Å². The highest BCUT2D eigenvalue weighted by atomic mass is 32.2. The van der Waals surface area contributed by atoms with E-state index >= 15 is 0 Å². The van der Waals surface area contributed by atoms with Crippen LogP contribution in [0, 0.1) is 13.8 Å². The van der Waals surface area contributed by atoms with Gasteiger partial charge in [0.25, 0.3) is 0 Å². The van der Waals surface area contributed by atoms with Gasteiger partial charge in [-0.05, 0) is 37.9 Å². The van der Waals surface area contributed by atoms with Crippen molar-refractivity contribution in [3.63, 3.8) is 0 Å². The molecule has 0 amide bonds. The number of hydrogen-bond donors (Lipinski definition) is 1. The van der Waals surface area contributed by atoms with Crippen molar-refractivity contribution >= 4 is 15.7 Å². The molecule has 1 aromatic carbocycles. The predicted molar refractivity (Wildman–Crippen MR) is 85.8 cm³/mol. The second-order valence-electron chi connectivity index (χ2n) is 5.69. The maximum absolute atomic E-state index is 12.9. The van der Waals surface area contributed by atoms with Crippen LogP contribution in [0.2, 0.25) is 0 Å². The van der Waals surface area contributed by atoms with Gasteiger partial charge >= 0.3 is 0 Å². The molecule has 0 atom stereocenters. The molecule has 0 saturated carbocycles. The number of hydrogen-bond acceptors (Lipinski definition) is 4. The van der Waals surface area contributed by atoms with Gasteiger partial charge in [0, 0.05) is 26.2 Å². The Labute approximate surface area is 127 Å². The minimum absolute atomic E-state index is 0.284. The average Bonchev–Trinajstić information content (AvgIpc) is 2.44. The molecule has 6 heteroatoms. The van der Waals surface area contributed by atoms with Crippen LogP contribution in [-0.4, -0.2) is 50.3 Å². The maximum Gasteiger partial charge on any atom is 0.245 e. The maximum atomic E-state index is 12.9. The van der Waals surface area contributed by atoms with E-state index in [1.54, 1.807) is 11.2 Å². The Morgan fingerprint density at radius 2 is 1.67 bits per heavy atom. The van der Waals surface area contributed by atoms with Crippen LogP contribution in [0.5, 0.6) is 0 Å². The standard InChI is InChI=1S/C15H25N3O2S/c1-4-7-17-8-10-18(11-9-17)21(19,20)15-13(3)6-5-12(2)14(15)16/h5-6H,4,7-11,16H2,1-3H3. The third-order valence-electron chi connectivity index (χ3n) is 4.08. The Hall–Kier alpha value is -1.11. The number of piperazine rings is 1. The molecule has 0 spiro atoms. The molecule has 0 bridgehead atoms. The van der Waals surface area contributed by atoms with Crippen molar-refractivity contribution in [3.8, 4) is 0 Å². The minimum Gasteiger partial charge on any atom is -0.397 e. The van der Waals surface area contributed by atoms with E-state index in [2.05, 4.69) is 11.8 Å². The number of anilines is 1. The van der Waals surface area contributed by atoms with Gasteiger partial charge in [-0.2, -0.15) is 4.31 Å². The van der Waals surface area contributed by atoms with Gasteiger partial charge in [0.2, 0.25) is 10.0 Å². The van der Waals surface area contributed by atoms with Gasteiger partial charge in [-0.15, -0.1) is 0 Å². The summed E-state index contributed by atoms with van der Waals surface area (Å²) in [7, 11) is -3.50. The van der Waals surface area contributed by atoms with Crippen molar-refractivity contribution in [1.29, 1.82) is 0 Å². The fourth-order valence-corrected chi connectivity index (χ4v) is 4.60. The van der Waals surface area contributed by atoms with Crippen molar-refractivity contribution in [2.45, 2.75) is 32.1 Å². The monoisotopic (exact) mass is 311 g/mol. The van der Waals surface area contributed by atoms with Crippen molar-refractivity contribution < 1.29 is 8.42 Å². The molecule has 1 aliphatic rings. The summed E-state index contributed by atoms with van der Waals surface area (Å²) in [6.45, 7) is 9.46. The zero-order valence-corrected chi connectivity index (χ0v) is 13.9. The first-order valence-corrected chi connectivity index (χ1v) is 8.90. The smallest absolute Gasteiger partial charge is 0.245 e. The van der Waals surface area contributed by atoms with E-state index in [4.69, 9.17) is 5.73 Å². The molecule has 1 aliphatic heterocycles. The molecule has 0 aliphatic carbocycles. The van der Waals surface area contributed by atoms with Gasteiger partial charge < -0.3 is 10.6 Å². The normalized spacial score (nSPS) is 18.0. The van der Waals surface area contributed by atoms with Crippen molar-refractivity contribution in [2.75, 3.05) is 38.5 Å². The first-order valence-electron chi connectivity index (χ1n) is 7.46. The topological polar surface area (TPSA) is 66.6 Å². The fraction of sp³-hybridized carbons (Fsp3) is 0.600. The van der Waals surface area contributed by atoms with Gasteiger partial charge in [-0.3, -0.25) is 0 Å². The summed E-state index contributed by atoms with van der Waals surface area (Å²) in [4.78, 5) is 2.59. The first kappa shape index (κ1) is 16.3. The number of sulfonamides is 1. The average molecular weight is 311 g/mol. The van der Waals surface area contributed by atoms with Gasteiger partial charge in [0.15, 0.2) is 0 Å². The third kappa shape index (κ3) is 3.22. The van der Waals surface area contributed by atoms with E-state index in [1.807, 2.05) is 19.1 Å². The third-order valence-corrected chi connectivity index (χ3v) is 6.18. The van der Waals surface area contributed by atoms with Crippen molar-refractivity contribution in [2.24, 2.45) is 0 Å². The molecule has 1 aromatic rings. The van der Waals surface area contributed by atoms with E-state index in [0.717, 1.165) is 31.6 Å². The minimum atomic E-state index is -3.50. The number of benzene rings is 1. The van der Waals surface area contributed by atoms with Crippen LogP contribution in [0.3, 0.4) is 0 Å². The molecule has 5 nitrogen and oxygen atoms in total. The number of nitrogen functional groups attached to an aromatic ring is 1. The molecule has 0 unspecified atom stereocenters. The summed E-state index contributed by atoms with van der Waals surface area (Å²) in [5.41, 5.74) is 7.94. The van der Waals surface area contributed by atoms with Crippen LogP contribution in [0.1, 0.15) is 24.5 Å². The zero-order chi connectivity index (χ0) is 15.6. The second kappa shape index (κ2) is 6.34. The van der Waals surface area contributed by atoms with Crippen LogP contribution in [-0.2, 0) is 10.0 Å². The molecular weight excluding hydrogens is 286 g/mol. The molecule has 2 rings (SSSR count). The molecule has 0 radical (unpaired) electrons. The summed E-state index contributed by atoms with van der Waals surface area (Å²) >= 11 is 0. The van der Waals surface area contributed by atoms with Crippen LogP contribution >= 0.6 is 0 Å². The van der Waals surface area contributed by atoms with Crippen molar-refractivity contribution in [3.05, 3.63) is 23.3 Å². The largest absolute Gasteiger partial charge is 0.397 e. The number of nitrogens with two attached hydrogens (primary N) is 1. The SMILES string of the molecule is CCCN1CCN(S(=O)(=O)c2c(C)ccc(C)c2N)CC1. The van der Waals surface area contributed by atoms with Crippen LogP contribution in [0.15, 0.2) is 17.0 Å². The highest BCUT2D eigenvalue weighted by Crippen LogP contribution is 2.29. The summed E-state index contributed by atoms with van der Waals surface area (Å²) in [5.74, 6) is 0. The summed E-state index contributed by atoms with van der Waals surface area (Å²) in [6, 6.07) is 3.69. The van der Waals surface area contributed by atoms with E-state index < -0.39 is 10.0 Å². The first-order chi connectivity index (χ1) is 9.87. The Balaban J connectivity index is 2.26. The van der Waals surface area contributed by atoms with E-state index in [1.165, 1.54) is 0 Å². The number of rotatable bonds is 4. The molecule has 1 fully saturated rings. The number of nitrogens with zero attached hydrogens (tertiary/aromatic N) is 2. The molecule has 0 aromatic heterocycles.